The van der Waals surface area contributed by atoms with E-state index < -0.39 is 6.23 Å². The fraction of sp³-hybridized carbons (Fsp3) is 0.444. The lowest BCUT2D eigenvalue weighted by atomic mass is 10.1. The maximum Gasteiger partial charge on any atom is 0.176 e. The van der Waals surface area contributed by atoms with Crippen LogP contribution in [-0.4, -0.2) is 46.2 Å². The summed E-state index contributed by atoms with van der Waals surface area (Å²) in [6, 6.07) is 5.63. The van der Waals surface area contributed by atoms with Crippen molar-refractivity contribution in [3.8, 4) is 5.75 Å². The van der Waals surface area contributed by atoms with Crippen LogP contribution in [0.1, 0.15) is 31.1 Å². The number of nitrogens with two attached hydrogens (primary N) is 1. The highest BCUT2D eigenvalue weighted by Crippen LogP contribution is 2.37. The molecular formula is C18H23N5O2. The molecule has 2 aromatic rings. The van der Waals surface area contributed by atoms with Gasteiger partial charge in [-0.15, -0.1) is 0 Å². The average molecular weight is 341 g/mol. The predicted octanol–water partition coefficient (Wildman–Crippen LogP) is 2.07. The van der Waals surface area contributed by atoms with E-state index in [0.29, 0.717) is 24.7 Å². The molecule has 2 aromatic heterocycles. The Morgan fingerprint density at radius 3 is 2.76 bits per heavy atom. The number of ether oxygens (including phenoxy) is 1. The highest BCUT2D eigenvalue weighted by atomic mass is 16.5. The Kier molecular flexibility index (Phi) is 4.42. The van der Waals surface area contributed by atoms with Crippen LogP contribution >= 0.6 is 0 Å². The molecule has 25 heavy (non-hydrogen) atoms. The molecule has 132 valence electrons. The van der Waals surface area contributed by atoms with E-state index in [4.69, 9.17) is 10.5 Å². The molecule has 1 saturated heterocycles. The molecule has 7 heteroatoms. The molecule has 0 aliphatic carbocycles. The number of hydrogen-bond donors (Lipinski definition) is 2. The number of fused-ring (bicyclic) bond motifs is 1. The molecule has 4 rings (SSSR count). The Hall–Kier alpha value is -2.38. The molecule has 0 aromatic carbocycles. The first-order chi connectivity index (χ1) is 12.2. The van der Waals surface area contributed by atoms with Gasteiger partial charge in [-0.2, -0.15) is 0 Å². The number of aliphatic hydroxyl groups excluding tert-OH is 1. The van der Waals surface area contributed by atoms with Crippen LogP contribution in [0.25, 0.3) is 0 Å². The summed E-state index contributed by atoms with van der Waals surface area (Å²) in [5.74, 6) is 1.91. The molecule has 7 nitrogen and oxygen atoms in total. The normalized spacial score (nSPS) is 19.2. The standard InChI is InChI=1S/C18H23N5O2/c19-16-11-14(4-5-20-16)23-8-9-25-15-10-13(12-21-17(15)23)18(24)22-6-2-1-3-7-22/h4-5,10-12,18,24H,1-3,6-9H2,(H2,19,20). The van der Waals surface area contributed by atoms with Crippen LogP contribution in [0.5, 0.6) is 5.75 Å². The summed E-state index contributed by atoms with van der Waals surface area (Å²) >= 11 is 0. The zero-order chi connectivity index (χ0) is 17.2. The third-order valence-corrected chi connectivity index (χ3v) is 4.79. The van der Waals surface area contributed by atoms with Gasteiger partial charge in [-0.05, 0) is 25.0 Å². The molecule has 1 atom stereocenters. The van der Waals surface area contributed by atoms with Crippen molar-refractivity contribution in [1.29, 1.82) is 0 Å². The molecule has 0 amide bonds. The molecule has 0 saturated carbocycles. The number of anilines is 3. The molecule has 4 heterocycles. The Morgan fingerprint density at radius 2 is 1.96 bits per heavy atom. The Labute approximate surface area is 147 Å². The zero-order valence-electron chi connectivity index (χ0n) is 14.1. The van der Waals surface area contributed by atoms with E-state index in [2.05, 4.69) is 19.8 Å². The summed E-state index contributed by atoms with van der Waals surface area (Å²) in [7, 11) is 0. The van der Waals surface area contributed by atoms with Gasteiger partial charge in [0.1, 0.15) is 18.7 Å². The van der Waals surface area contributed by atoms with E-state index >= 15 is 0 Å². The molecule has 1 unspecified atom stereocenters. The van der Waals surface area contributed by atoms with Crippen LogP contribution < -0.4 is 15.4 Å². The average Bonchev–Trinajstić information content (AvgIpc) is 2.67. The highest BCUT2D eigenvalue weighted by molar-refractivity contribution is 5.68. The lowest BCUT2D eigenvalue weighted by Crippen LogP contribution is -2.34. The van der Waals surface area contributed by atoms with Gasteiger partial charge in [0.15, 0.2) is 11.6 Å². The molecular weight excluding hydrogens is 318 g/mol. The largest absolute Gasteiger partial charge is 0.488 e. The number of hydrogen-bond acceptors (Lipinski definition) is 7. The summed E-state index contributed by atoms with van der Waals surface area (Å²) in [5.41, 5.74) is 7.52. The van der Waals surface area contributed by atoms with Crippen LogP contribution in [0, 0.1) is 0 Å². The van der Waals surface area contributed by atoms with E-state index in [1.54, 1.807) is 12.4 Å². The van der Waals surface area contributed by atoms with Crippen LogP contribution in [0.15, 0.2) is 30.6 Å². The Morgan fingerprint density at radius 1 is 1.12 bits per heavy atom. The van der Waals surface area contributed by atoms with Gasteiger partial charge in [-0.3, -0.25) is 4.90 Å². The first kappa shape index (κ1) is 16.1. The number of likely N-dealkylation sites (tertiary alicyclic amines) is 1. The first-order valence-electron chi connectivity index (χ1n) is 8.76. The predicted molar refractivity (Wildman–Crippen MR) is 95.8 cm³/mol. The molecule has 2 aliphatic rings. The number of nitrogens with zero attached hydrogens (tertiary/aromatic N) is 4. The molecule has 1 fully saturated rings. The Balaban J connectivity index is 1.61. The van der Waals surface area contributed by atoms with Crippen molar-refractivity contribution < 1.29 is 9.84 Å². The Bertz CT molecular complexity index is 748. The third kappa shape index (κ3) is 3.25. The van der Waals surface area contributed by atoms with E-state index in [9.17, 15) is 5.11 Å². The monoisotopic (exact) mass is 341 g/mol. The maximum absolute atomic E-state index is 10.7. The number of pyridine rings is 2. The fourth-order valence-corrected chi connectivity index (χ4v) is 3.49. The molecule has 0 bridgehead atoms. The number of aliphatic hydroxyl groups is 1. The van der Waals surface area contributed by atoms with Gasteiger partial charge < -0.3 is 20.5 Å². The second kappa shape index (κ2) is 6.85. The first-order valence-corrected chi connectivity index (χ1v) is 8.76. The van der Waals surface area contributed by atoms with Crippen molar-refractivity contribution in [3.63, 3.8) is 0 Å². The molecule has 2 aliphatic heterocycles. The SMILES string of the molecule is Nc1cc(N2CCOc3cc(C(O)N4CCCCC4)cnc32)ccn1. The number of aromatic nitrogens is 2. The van der Waals surface area contributed by atoms with Gasteiger partial charge >= 0.3 is 0 Å². The van der Waals surface area contributed by atoms with Crippen molar-refractivity contribution in [2.45, 2.75) is 25.5 Å². The van der Waals surface area contributed by atoms with Crippen LogP contribution in [0.3, 0.4) is 0 Å². The molecule has 0 spiro atoms. The van der Waals surface area contributed by atoms with Crippen molar-refractivity contribution in [3.05, 3.63) is 36.2 Å². The van der Waals surface area contributed by atoms with Crippen molar-refractivity contribution in [1.82, 2.24) is 14.9 Å². The number of nitrogen functional groups attached to an aromatic ring is 1. The number of piperidine rings is 1. The van der Waals surface area contributed by atoms with E-state index in [0.717, 1.165) is 43.0 Å². The second-order valence-electron chi connectivity index (χ2n) is 6.50. The summed E-state index contributed by atoms with van der Waals surface area (Å²) in [5, 5.41) is 10.7. The van der Waals surface area contributed by atoms with Gasteiger partial charge in [-0.25, -0.2) is 9.97 Å². The van der Waals surface area contributed by atoms with Gasteiger partial charge in [-0.1, -0.05) is 6.42 Å². The smallest absolute Gasteiger partial charge is 0.176 e. The highest BCUT2D eigenvalue weighted by Gasteiger charge is 2.25. The third-order valence-electron chi connectivity index (χ3n) is 4.79. The summed E-state index contributed by atoms with van der Waals surface area (Å²) in [4.78, 5) is 12.8. The van der Waals surface area contributed by atoms with Crippen LogP contribution in [0.4, 0.5) is 17.3 Å². The summed E-state index contributed by atoms with van der Waals surface area (Å²) in [6.45, 7) is 3.08. The second-order valence-corrected chi connectivity index (χ2v) is 6.50. The minimum absolute atomic E-state index is 0.475. The molecule has 0 radical (unpaired) electrons. The minimum atomic E-state index is -0.631. The fourth-order valence-electron chi connectivity index (χ4n) is 3.49. The quantitative estimate of drug-likeness (QED) is 0.883. The maximum atomic E-state index is 10.7. The minimum Gasteiger partial charge on any atom is -0.488 e. The van der Waals surface area contributed by atoms with Gasteiger partial charge in [0.05, 0.1) is 6.54 Å². The van der Waals surface area contributed by atoms with Crippen molar-refractivity contribution in [2.75, 3.05) is 36.9 Å². The van der Waals surface area contributed by atoms with Crippen LogP contribution in [0.2, 0.25) is 0 Å². The van der Waals surface area contributed by atoms with E-state index in [-0.39, 0.29) is 0 Å². The van der Waals surface area contributed by atoms with Gasteiger partial charge in [0, 0.05) is 42.8 Å². The molecule has 3 N–H and O–H groups in total. The zero-order valence-corrected chi connectivity index (χ0v) is 14.1. The number of rotatable bonds is 3. The lowest BCUT2D eigenvalue weighted by Gasteiger charge is -2.33. The van der Waals surface area contributed by atoms with Crippen molar-refractivity contribution >= 4 is 17.3 Å². The lowest BCUT2D eigenvalue weighted by molar-refractivity contribution is -0.0102. The van der Waals surface area contributed by atoms with E-state index in [1.807, 2.05) is 18.2 Å². The van der Waals surface area contributed by atoms with Crippen molar-refractivity contribution in [2.24, 2.45) is 0 Å². The topological polar surface area (TPSA) is 87.7 Å². The van der Waals surface area contributed by atoms with Gasteiger partial charge in [0.2, 0.25) is 0 Å². The summed E-state index contributed by atoms with van der Waals surface area (Å²) < 4.78 is 5.80. The van der Waals surface area contributed by atoms with Crippen LogP contribution in [-0.2, 0) is 0 Å². The van der Waals surface area contributed by atoms with E-state index in [1.165, 1.54) is 6.42 Å². The summed E-state index contributed by atoms with van der Waals surface area (Å²) in [6.07, 6.45) is 6.29. The van der Waals surface area contributed by atoms with Gasteiger partial charge in [0.25, 0.3) is 0 Å².